The summed E-state index contributed by atoms with van der Waals surface area (Å²) in [5.41, 5.74) is 3.48. The van der Waals surface area contributed by atoms with Gasteiger partial charge >= 0.3 is 0 Å². The Labute approximate surface area is 231 Å². The molecule has 0 radical (unpaired) electrons. The second-order valence-electron chi connectivity index (χ2n) is 10.7. The average Bonchev–Trinajstić information content (AvgIpc) is 3.68. The van der Waals surface area contributed by atoms with Gasteiger partial charge in [0.15, 0.2) is 0 Å². The van der Waals surface area contributed by atoms with E-state index in [1.54, 1.807) is 6.07 Å². The third-order valence-electron chi connectivity index (χ3n) is 8.22. The van der Waals surface area contributed by atoms with Crippen molar-refractivity contribution >= 4 is 27.7 Å². The first-order valence-corrected chi connectivity index (χ1v) is 14.1. The number of likely N-dealkylation sites (tertiary alicyclic amines) is 1. The van der Waals surface area contributed by atoms with Gasteiger partial charge in [0.05, 0.1) is 22.1 Å². The van der Waals surface area contributed by atoms with Crippen molar-refractivity contribution in [2.75, 3.05) is 19.7 Å². The molecule has 8 heteroatoms. The van der Waals surface area contributed by atoms with Gasteiger partial charge < -0.3 is 14.2 Å². The normalized spacial score (nSPS) is 18.1. The number of fused-ring (bicyclic) bond motifs is 2. The SMILES string of the molecule is O=C(Cn1nc(-c2ccccc2)c2ccccc2c1=O)N1CCC(n2c(C3CCCO3)nc3ccccc32)CC1. The zero-order valence-electron chi connectivity index (χ0n) is 22.3. The number of benzene rings is 3. The molecule has 202 valence electrons. The lowest BCUT2D eigenvalue weighted by Gasteiger charge is -2.34. The highest BCUT2D eigenvalue weighted by molar-refractivity contribution is 5.93. The summed E-state index contributed by atoms with van der Waals surface area (Å²) in [6, 6.07) is 25.8. The Hall–Kier alpha value is -4.30. The van der Waals surface area contributed by atoms with E-state index in [1.165, 1.54) is 4.68 Å². The summed E-state index contributed by atoms with van der Waals surface area (Å²) < 4.78 is 9.71. The highest BCUT2D eigenvalue weighted by Gasteiger charge is 2.31. The fourth-order valence-electron chi connectivity index (χ4n) is 6.21. The van der Waals surface area contributed by atoms with Gasteiger partial charge in [-0.05, 0) is 43.9 Å². The van der Waals surface area contributed by atoms with Crippen molar-refractivity contribution in [3.8, 4) is 11.3 Å². The fourth-order valence-corrected chi connectivity index (χ4v) is 6.21. The van der Waals surface area contributed by atoms with Crippen LogP contribution in [0, 0.1) is 0 Å². The highest BCUT2D eigenvalue weighted by Crippen LogP contribution is 2.36. The Morgan fingerprint density at radius 1 is 0.875 bits per heavy atom. The summed E-state index contributed by atoms with van der Waals surface area (Å²) in [4.78, 5) is 33.6. The molecule has 7 rings (SSSR count). The summed E-state index contributed by atoms with van der Waals surface area (Å²) in [7, 11) is 0. The molecule has 2 aliphatic heterocycles. The zero-order valence-corrected chi connectivity index (χ0v) is 22.3. The van der Waals surface area contributed by atoms with Crippen LogP contribution in [0.5, 0.6) is 0 Å². The van der Waals surface area contributed by atoms with Gasteiger partial charge in [-0.2, -0.15) is 5.10 Å². The molecule has 0 spiro atoms. The molecule has 0 aliphatic carbocycles. The van der Waals surface area contributed by atoms with Gasteiger partial charge in [-0.3, -0.25) is 9.59 Å². The smallest absolute Gasteiger partial charge is 0.275 e. The standard InChI is InChI=1S/C32H31N5O3/c38-29(21-36-32(39)25-12-5-4-11-24(25)30(34-36)22-9-2-1-3-10-22)35-18-16-23(17-19-35)37-27-14-7-6-13-26(27)33-31(37)28-15-8-20-40-28/h1-7,9-14,23,28H,8,15-21H2. The number of carbonyl (C=O) groups excluding carboxylic acids is 1. The molecule has 2 saturated heterocycles. The van der Waals surface area contributed by atoms with E-state index < -0.39 is 0 Å². The molecular weight excluding hydrogens is 502 g/mol. The van der Waals surface area contributed by atoms with E-state index >= 15 is 0 Å². The molecule has 4 heterocycles. The molecule has 0 saturated carbocycles. The van der Waals surface area contributed by atoms with Gasteiger partial charge in [0, 0.05) is 36.7 Å². The number of nitrogens with zero attached hydrogens (tertiary/aromatic N) is 5. The van der Waals surface area contributed by atoms with Crippen molar-refractivity contribution in [1.82, 2.24) is 24.2 Å². The number of para-hydroxylation sites is 2. The topological polar surface area (TPSA) is 82.2 Å². The minimum Gasteiger partial charge on any atom is -0.370 e. The van der Waals surface area contributed by atoms with Gasteiger partial charge in [0.2, 0.25) is 5.91 Å². The lowest BCUT2D eigenvalue weighted by Crippen LogP contribution is -2.42. The van der Waals surface area contributed by atoms with E-state index in [0.29, 0.717) is 24.2 Å². The van der Waals surface area contributed by atoms with Crippen LogP contribution >= 0.6 is 0 Å². The number of amides is 1. The van der Waals surface area contributed by atoms with E-state index in [-0.39, 0.29) is 30.2 Å². The molecule has 3 aromatic carbocycles. The minimum atomic E-state index is -0.246. The molecule has 2 aromatic heterocycles. The molecule has 8 nitrogen and oxygen atoms in total. The summed E-state index contributed by atoms with van der Waals surface area (Å²) in [5, 5.41) is 6.04. The minimum absolute atomic E-state index is 0.0247. The lowest BCUT2D eigenvalue weighted by atomic mass is 10.0. The molecule has 40 heavy (non-hydrogen) atoms. The second kappa shape index (κ2) is 10.4. The highest BCUT2D eigenvalue weighted by atomic mass is 16.5. The van der Waals surface area contributed by atoms with E-state index in [9.17, 15) is 9.59 Å². The molecule has 2 aliphatic rings. The fraction of sp³-hybridized carbons (Fsp3) is 0.312. The van der Waals surface area contributed by atoms with Gasteiger partial charge in [-0.1, -0.05) is 60.7 Å². The van der Waals surface area contributed by atoms with E-state index in [0.717, 1.165) is 60.1 Å². The Kier molecular flexibility index (Phi) is 6.40. The Morgan fingerprint density at radius 2 is 1.60 bits per heavy atom. The number of piperidine rings is 1. The Morgan fingerprint density at radius 3 is 2.38 bits per heavy atom. The number of ether oxygens (including phenoxy) is 1. The first kappa shape index (κ1) is 24.7. The number of hydrogen-bond acceptors (Lipinski definition) is 5. The molecule has 2 fully saturated rings. The Bertz CT molecular complexity index is 1750. The largest absolute Gasteiger partial charge is 0.370 e. The van der Waals surface area contributed by atoms with Crippen molar-refractivity contribution in [3.05, 3.63) is 95.0 Å². The summed E-state index contributed by atoms with van der Waals surface area (Å²) >= 11 is 0. The van der Waals surface area contributed by atoms with Crippen LogP contribution in [0.1, 0.15) is 43.7 Å². The number of rotatable bonds is 5. The van der Waals surface area contributed by atoms with Crippen LogP contribution in [-0.2, 0) is 16.1 Å². The van der Waals surface area contributed by atoms with Crippen LogP contribution in [0.2, 0.25) is 0 Å². The van der Waals surface area contributed by atoms with Crippen LogP contribution in [0.25, 0.3) is 33.1 Å². The predicted molar refractivity (Wildman–Crippen MR) is 154 cm³/mol. The first-order chi connectivity index (χ1) is 19.7. The van der Waals surface area contributed by atoms with Gasteiger partial charge in [-0.15, -0.1) is 0 Å². The summed E-state index contributed by atoms with van der Waals surface area (Å²) in [6.45, 7) is 1.93. The van der Waals surface area contributed by atoms with E-state index in [4.69, 9.17) is 9.72 Å². The van der Waals surface area contributed by atoms with Crippen molar-refractivity contribution < 1.29 is 9.53 Å². The van der Waals surface area contributed by atoms with Gasteiger partial charge in [0.25, 0.3) is 5.56 Å². The van der Waals surface area contributed by atoms with Gasteiger partial charge in [-0.25, -0.2) is 9.67 Å². The molecule has 1 amide bonds. The van der Waals surface area contributed by atoms with Crippen LogP contribution in [0.4, 0.5) is 0 Å². The quantitative estimate of drug-likeness (QED) is 0.313. The molecule has 5 aromatic rings. The van der Waals surface area contributed by atoms with E-state index in [2.05, 4.69) is 27.9 Å². The average molecular weight is 534 g/mol. The molecule has 0 bridgehead atoms. The summed E-state index contributed by atoms with van der Waals surface area (Å²) in [6.07, 6.45) is 3.70. The second-order valence-corrected chi connectivity index (χ2v) is 10.7. The monoisotopic (exact) mass is 533 g/mol. The van der Waals surface area contributed by atoms with Gasteiger partial charge in [0.1, 0.15) is 18.5 Å². The maximum Gasteiger partial charge on any atom is 0.275 e. The third kappa shape index (κ3) is 4.38. The maximum atomic E-state index is 13.5. The lowest BCUT2D eigenvalue weighted by molar-refractivity contribution is -0.133. The predicted octanol–water partition coefficient (Wildman–Crippen LogP) is 5.13. The third-order valence-corrected chi connectivity index (χ3v) is 8.22. The molecule has 0 N–H and O–H groups in total. The van der Waals surface area contributed by atoms with Crippen LogP contribution < -0.4 is 5.56 Å². The maximum absolute atomic E-state index is 13.5. The van der Waals surface area contributed by atoms with Crippen molar-refractivity contribution in [3.63, 3.8) is 0 Å². The first-order valence-electron chi connectivity index (χ1n) is 14.1. The van der Waals surface area contributed by atoms with Crippen LogP contribution in [-0.4, -0.2) is 49.8 Å². The number of aromatic nitrogens is 4. The van der Waals surface area contributed by atoms with Crippen molar-refractivity contribution in [2.24, 2.45) is 0 Å². The van der Waals surface area contributed by atoms with Crippen LogP contribution in [0.3, 0.4) is 0 Å². The van der Waals surface area contributed by atoms with Crippen molar-refractivity contribution in [1.29, 1.82) is 0 Å². The molecule has 1 unspecified atom stereocenters. The number of carbonyl (C=O) groups is 1. The molecular formula is C32H31N5O3. The molecule has 1 atom stereocenters. The Balaban J connectivity index is 1.13. The number of imidazole rings is 1. The van der Waals surface area contributed by atoms with E-state index in [1.807, 2.05) is 59.5 Å². The summed E-state index contributed by atoms with van der Waals surface area (Å²) in [5.74, 6) is 0.918. The van der Waals surface area contributed by atoms with Crippen LogP contribution in [0.15, 0.2) is 83.7 Å². The zero-order chi connectivity index (χ0) is 27.1. The van der Waals surface area contributed by atoms with Crippen molar-refractivity contribution in [2.45, 2.75) is 44.4 Å². The number of hydrogen-bond donors (Lipinski definition) is 0.